The molecule has 0 spiro atoms. The maximum atomic E-state index is 12.1. The van der Waals surface area contributed by atoms with Crippen LogP contribution in [0.2, 0.25) is 0 Å². The van der Waals surface area contributed by atoms with Crippen molar-refractivity contribution in [1.29, 1.82) is 0 Å². The fourth-order valence-corrected chi connectivity index (χ4v) is 3.05. The molecule has 1 N–H and O–H groups in total. The van der Waals surface area contributed by atoms with Crippen molar-refractivity contribution in [3.05, 3.63) is 5.82 Å². The lowest BCUT2D eigenvalue weighted by Crippen LogP contribution is -2.34. The van der Waals surface area contributed by atoms with E-state index in [-0.39, 0.29) is 11.8 Å². The largest absolute Gasteiger partial charge is 0.381 e. The normalized spacial score (nSPS) is 22.8. The third-order valence-corrected chi connectivity index (χ3v) is 4.63. The fraction of sp³-hybridized carbons (Fsp3) is 0.769. The Kier molecular flexibility index (Phi) is 5.42. The molecule has 1 fully saturated rings. The van der Waals surface area contributed by atoms with Crippen LogP contribution < -0.4 is 5.32 Å². The molecule has 6 nitrogen and oxygen atoms in total. The van der Waals surface area contributed by atoms with Gasteiger partial charge in [-0.05, 0) is 31.9 Å². The van der Waals surface area contributed by atoms with Gasteiger partial charge in [0, 0.05) is 20.1 Å². The van der Waals surface area contributed by atoms with Crippen molar-refractivity contribution in [3.8, 4) is 0 Å². The minimum atomic E-state index is 0.106. The predicted octanol–water partition coefficient (Wildman–Crippen LogP) is 1.36. The highest BCUT2D eigenvalue weighted by Gasteiger charge is 2.26. The summed E-state index contributed by atoms with van der Waals surface area (Å²) in [6, 6.07) is 0. The number of aromatic nitrogens is 3. The van der Waals surface area contributed by atoms with Crippen LogP contribution in [0.25, 0.3) is 0 Å². The molecule has 0 unspecified atom stereocenters. The van der Waals surface area contributed by atoms with E-state index in [0.717, 1.165) is 36.7 Å². The molecule has 0 aromatic carbocycles. The molecule has 2 rings (SSSR count). The van der Waals surface area contributed by atoms with E-state index in [1.54, 1.807) is 18.9 Å². The quantitative estimate of drug-likeness (QED) is 0.831. The summed E-state index contributed by atoms with van der Waals surface area (Å²) in [5.41, 5.74) is 0. The second-order valence-electron chi connectivity index (χ2n) is 5.09. The van der Waals surface area contributed by atoms with Crippen LogP contribution in [0, 0.1) is 5.92 Å². The SMILES string of the molecule is COC1CCC(C(=O)NCc2nnc(SC)n2C)CC1. The van der Waals surface area contributed by atoms with Gasteiger partial charge < -0.3 is 14.6 Å². The Morgan fingerprint density at radius 1 is 1.40 bits per heavy atom. The lowest BCUT2D eigenvalue weighted by molar-refractivity contribution is -0.127. The number of thioether (sulfide) groups is 1. The average molecular weight is 298 g/mol. The van der Waals surface area contributed by atoms with Crippen molar-refractivity contribution >= 4 is 17.7 Å². The van der Waals surface area contributed by atoms with Crippen LogP contribution in [-0.2, 0) is 23.1 Å². The van der Waals surface area contributed by atoms with Crippen molar-refractivity contribution in [1.82, 2.24) is 20.1 Å². The predicted molar refractivity (Wildman–Crippen MR) is 77.4 cm³/mol. The molecule has 1 aromatic heterocycles. The highest BCUT2D eigenvalue weighted by Crippen LogP contribution is 2.26. The Balaban J connectivity index is 1.82. The van der Waals surface area contributed by atoms with Crippen LogP contribution in [0.5, 0.6) is 0 Å². The maximum absolute atomic E-state index is 12.1. The summed E-state index contributed by atoms with van der Waals surface area (Å²) in [5.74, 6) is 1.01. The summed E-state index contributed by atoms with van der Waals surface area (Å²) in [4.78, 5) is 12.1. The van der Waals surface area contributed by atoms with Gasteiger partial charge in [0.25, 0.3) is 0 Å². The Hall–Kier alpha value is -1.08. The number of methoxy groups -OCH3 is 1. The van der Waals surface area contributed by atoms with E-state index in [9.17, 15) is 4.79 Å². The van der Waals surface area contributed by atoms with Gasteiger partial charge in [-0.15, -0.1) is 10.2 Å². The van der Waals surface area contributed by atoms with E-state index in [2.05, 4.69) is 15.5 Å². The van der Waals surface area contributed by atoms with Crippen LogP contribution in [0.3, 0.4) is 0 Å². The molecule has 0 radical (unpaired) electrons. The zero-order valence-corrected chi connectivity index (χ0v) is 13.1. The van der Waals surface area contributed by atoms with Crippen LogP contribution >= 0.6 is 11.8 Å². The molecule has 0 saturated heterocycles. The third-order valence-electron chi connectivity index (χ3n) is 3.91. The minimum Gasteiger partial charge on any atom is -0.381 e. The number of nitrogens with one attached hydrogen (secondary N) is 1. The van der Waals surface area contributed by atoms with Gasteiger partial charge in [0.05, 0.1) is 12.6 Å². The van der Waals surface area contributed by atoms with Crippen LogP contribution in [0.4, 0.5) is 0 Å². The average Bonchev–Trinajstić information content (AvgIpc) is 2.85. The number of hydrogen-bond donors (Lipinski definition) is 1. The Labute approximate surface area is 123 Å². The van der Waals surface area contributed by atoms with Gasteiger partial charge in [-0.2, -0.15) is 0 Å². The van der Waals surface area contributed by atoms with Crippen LogP contribution in [-0.4, -0.2) is 40.1 Å². The van der Waals surface area contributed by atoms with Crippen molar-refractivity contribution in [2.75, 3.05) is 13.4 Å². The summed E-state index contributed by atoms with van der Waals surface area (Å²) in [6.45, 7) is 0.438. The second kappa shape index (κ2) is 7.08. The number of rotatable bonds is 5. The fourth-order valence-electron chi connectivity index (χ4n) is 2.55. The molecule has 1 aliphatic carbocycles. The zero-order valence-electron chi connectivity index (χ0n) is 12.3. The standard InChI is InChI=1S/C13H22N4O2S/c1-17-11(15-16-13(17)20-3)8-14-12(18)9-4-6-10(19-2)7-5-9/h9-10H,4-8H2,1-3H3,(H,14,18). The van der Waals surface area contributed by atoms with Crippen molar-refractivity contribution in [2.45, 2.75) is 43.5 Å². The Morgan fingerprint density at radius 2 is 2.10 bits per heavy atom. The molecule has 20 heavy (non-hydrogen) atoms. The Morgan fingerprint density at radius 3 is 2.65 bits per heavy atom. The number of nitrogens with zero attached hydrogens (tertiary/aromatic N) is 3. The summed E-state index contributed by atoms with van der Waals surface area (Å²) >= 11 is 1.54. The molecule has 112 valence electrons. The number of carbonyl (C=O) groups excluding carboxylic acids is 1. The van der Waals surface area contributed by atoms with Gasteiger partial charge in [0.2, 0.25) is 5.91 Å². The molecular formula is C13H22N4O2S. The molecule has 0 bridgehead atoms. The minimum absolute atomic E-state index is 0.106. The molecule has 1 aromatic rings. The van der Waals surface area contributed by atoms with Gasteiger partial charge in [0.15, 0.2) is 11.0 Å². The van der Waals surface area contributed by atoms with Crippen molar-refractivity contribution in [2.24, 2.45) is 13.0 Å². The Bertz CT molecular complexity index is 455. The lowest BCUT2D eigenvalue weighted by atomic mass is 9.87. The first-order chi connectivity index (χ1) is 9.65. The molecule has 1 saturated carbocycles. The van der Waals surface area contributed by atoms with E-state index in [1.807, 2.05) is 17.9 Å². The number of amides is 1. The number of hydrogen-bond acceptors (Lipinski definition) is 5. The highest BCUT2D eigenvalue weighted by atomic mass is 32.2. The van der Waals surface area contributed by atoms with Crippen LogP contribution in [0.1, 0.15) is 31.5 Å². The monoisotopic (exact) mass is 298 g/mol. The number of ether oxygens (including phenoxy) is 1. The van der Waals surface area contributed by atoms with Crippen molar-refractivity contribution < 1.29 is 9.53 Å². The van der Waals surface area contributed by atoms with E-state index in [4.69, 9.17) is 4.74 Å². The first-order valence-electron chi connectivity index (χ1n) is 6.88. The molecular weight excluding hydrogens is 276 g/mol. The number of carbonyl (C=O) groups is 1. The topological polar surface area (TPSA) is 69.0 Å². The maximum Gasteiger partial charge on any atom is 0.223 e. The molecule has 0 atom stereocenters. The van der Waals surface area contributed by atoms with Gasteiger partial charge in [-0.25, -0.2) is 0 Å². The van der Waals surface area contributed by atoms with Crippen LogP contribution in [0.15, 0.2) is 5.16 Å². The summed E-state index contributed by atoms with van der Waals surface area (Å²) in [6.07, 6.45) is 6.02. The van der Waals surface area contributed by atoms with E-state index >= 15 is 0 Å². The van der Waals surface area contributed by atoms with E-state index in [0.29, 0.717) is 12.6 Å². The van der Waals surface area contributed by atoms with Gasteiger partial charge >= 0.3 is 0 Å². The van der Waals surface area contributed by atoms with Gasteiger partial charge in [0.1, 0.15) is 0 Å². The first-order valence-corrected chi connectivity index (χ1v) is 8.11. The summed E-state index contributed by atoms with van der Waals surface area (Å²) in [7, 11) is 3.65. The second-order valence-corrected chi connectivity index (χ2v) is 5.86. The molecule has 1 heterocycles. The highest BCUT2D eigenvalue weighted by molar-refractivity contribution is 7.98. The zero-order chi connectivity index (χ0) is 14.5. The lowest BCUT2D eigenvalue weighted by Gasteiger charge is -2.26. The smallest absolute Gasteiger partial charge is 0.223 e. The molecule has 0 aliphatic heterocycles. The van der Waals surface area contributed by atoms with E-state index in [1.165, 1.54) is 0 Å². The molecule has 1 amide bonds. The van der Waals surface area contributed by atoms with Gasteiger partial charge in [-0.3, -0.25) is 4.79 Å². The summed E-state index contributed by atoms with van der Waals surface area (Å²) in [5, 5.41) is 12.0. The van der Waals surface area contributed by atoms with Gasteiger partial charge in [-0.1, -0.05) is 11.8 Å². The third kappa shape index (κ3) is 3.52. The van der Waals surface area contributed by atoms with Crippen molar-refractivity contribution in [3.63, 3.8) is 0 Å². The van der Waals surface area contributed by atoms with E-state index < -0.39 is 0 Å². The summed E-state index contributed by atoms with van der Waals surface area (Å²) < 4.78 is 7.23. The molecule has 1 aliphatic rings. The molecule has 7 heteroatoms. The first kappa shape index (κ1) is 15.3.